The molecule has 0 heterocycles. The lowest BCUT2D eigenvalue weighted by atomic mass is 10.3. The van der Waals surface area contributed by atoms with Gasteiger partial charge in [0.25, 0.3) is 0 Å². The SMILES string of the molecule is CCC/C=C(/Cl)CC. The highest BCUT2D eigenvalue weighted by molar-refractivity contribution is 6.29. The predicted octanol–water partition coefficient (Wildman–Crippen LogP) is 3.32. The van der Waals surface area contributed by atoms with E-state index in [-0.39, 0.29) is 0 Å². The van der Waals surface area contributed by atoms with E-state index in [9.17, 15) is 0 Å². The Labute approximate surface area is 56.5 Å². The second kappa shape index (κ2) is 5.17. The van der Waals surface area contributed by atoms with Crippen LogP contribution in [0.15, 0.2) is 11.1 Å². The Morgan fingerprint density at radius 3 is 2.50 bits per heavy atom. The summed E-state index contributed by atoms with van der Waals surface area (Å²) in [6, 6.07) is 0. The van der Waals surface area contributed by atoms with Crippen LogP contribution in [-0.2, 0) is 0 Å². The van der Waals surface area contributed by atoms with Crippen molar-refractivity contribution < 1.29 is 0 Å². The van der Waals surface area contributed by atoms with Crippen LogP contribution >= 0.6 is 11.6 Å². The van der Waals surface area contributed by atoms with Crippen LogP contribution in [-0.4, -0.2) is 0 Å². The molecular weight excluding hydrogens is 120 g/mol. The Balaban J connectivity index is 3.26. The van der Waals surface area contributed by atoms with Crippen molar-refractivity contribution in [2.45, 2.75) is 33.1 Å². The number of hydrogen-bond acceptors (Lipinski definition) is 0. The van der Waals surface area contributed by atoms with Gasteiger partial charge in [0, 0.05) is 5.03 Å². The van der Waals surface area contributed by atoms with E-state index in [1.54, 1.807) is 0 Å². The van der Waals surface area contributed by atoms with Crippen LogP contribution in [0, 0.1) is 0 Å². The molecule has 1 heteroatoms. The first kappa shape index (κ1) is 8.03. The van der Waals surface area contributed by atoms with E-state index in [1.165, 1.54) is 6.42 Å². The summed E-state index contributed by atoms with van der Waals surface area (Å²) in [6.45, 7) is 4.21. The summed E-state index contributed by atoms with van der Waals surface area (Å²) in [5.74, 6) is 0. The maximum atomic E-state index is 5.71. The number of rotatable bonds is 3. The van der Waals surface area contributed by atoms with E-state index in [2.05, 4.69) is 19.9 Å². The quantitative estimate of drug-likeness (QED) is 0.553. The maximum absolute atomic E-state index is 5.71. The van der Waals surface area contributed by atoms with Crippen LogP contribution in [0.1, 0.15) is 33.1 Å². The molecule has 0 atom stereocenters. The summed E-state index contributed by atoms with van der Waals surface area (Å²) in [4.78, 5) is 0. The Bertz CT molecular complexity index is 74.5. The van der Waals surface area contributed by atoms with Crippen LogP contribution < -0.4 is 0 Å². The normalized spacial score (nSPS) is 12.1. The van der Waals surface area contributed by atoms with Gasteiger partial charge in [0.05, 0.1) is 0 Å². The van der Waals surface area contributed by atoms with Crippen molar-refractivity contribution in [2.75, 3.05) is 0 Å². The fourth-order valence-electron chi connectivity index (χ4n) is 0.445. The van der Waals surface area contributed by atoms with E-state index < -0.39 is 0 Å². The Morgan fingerprint density at radius 2 is 2.12 bits per heavy atom. The van der Waals surface area contributed by atoms with E-state index in [1.807, 2.05) is 0 Å². The lowest BCUT2D eigenvalue weighted by molar-refractivity contribution is 0.948. The smallest absolute Gasteiger partial charge is 0.0138 e. The van der Waals surface area contributed by atoms with E-state index >= 15 is 0 Å². The average Bonchev–Trinajstić information content (AvgIpc) is 1.83. The molecule has 0 aliphatic carbocycles. The van der Waals surface area contributed by atoms with Gasteiger partial charge in [-0.2, -0.15) is 0 Å². The molecule has 0 aliphatic heterocycles. The largest absolute Gasteiger partial charge is 0.0895 e. The molecule has 0 radical (unpaired) electrons. The second-order valence-corrected chi connectivity index (χ2v) is 2.28. The molecule has 0 nitrogen and oxygen atoms in total. The number of unbranched alkanes of at least 4 members (excludes halogenated alkanes) is 1. The van der Waals surface area contributed by atoms with E-state index in [0.29, 0.717) is 0 Å². The molecule has 8 heavy (non-hydrogen) atoms. The molecule has 0 N–H and O–H groups in total. The molecular formula is C7H13Cl. The molecule has 0 amide bonds. The number of hydrogen-bond donors (Lipinski definition) is 0. The van der Waals surface area contributed by atoms with Crippen LogP contribution in [0.3, 0.4) is 0 Å². The average molecular weight is 133 g/mol. The van der Waals surface area contributed by atoms with Gasteiger partial charge in [-0.1, -0.05) is 37.9 Å². The van der Waals surface area contributed by atoms with Crippen molar-refractivity contribution in [3.63, 3.8) is 0 Å². The standard InChI is InChI=1S/C7H13Cl/c1-3-5-6-7(8)4-2/h6H,3-5H2,1-2H3/b7-6+. The molecule has 0 rings (SSSR count). The van der Waals surface area contributed by atoms with Crippen molar-refractivity contribution in [3.05, 3.63) is 11.1 Å². The van der Waals surface area contributed by atoms with Crippen molar-refractivity contribution in [1.29, 1.82) is 0 Å². The molecule has 0 saturated heterocycles. The summed E-state index contributed by atoms with van der Waals surface area (Å²) in [6.07, 6.45) is 5.37. The summed E-state index contributed by atoms with van der Waals surface area (Å²) in [5.41, 5.74) is 0. The van der Waals surface area contributed by atoms with Crippen molar-refractivity contribution >= 4 is 11.6 Å². The highest BCUT2D eigenvalue weighted by atomic mass is 35.5. The highest BCUT2D eigenvalue weighted by Crippen LogP contribution is 2.07. The predicted molar refractivity (Wildman–Crippen MR) is 39.1 cm³/mol. The molecule has 48 valence electrons. The fourth-order valence-corrected chi connectivity index (χ4v) is 0.554. The third-order valence-electron chi connectivity index (χ3n) is 0.992. The summed E-state index contributed by atoms with van der Waals surface area (Å²) < 4.78 is 0. The van der Waals surface area contributed by atoms with E-state index in [0.717, 1.165) is 17.9 Å². The van der Waals surface area contributed by atoms with Crippen LogP contribution in [0.2, 0.25) is 0 Å². The number of allylic oxidation sites excluding steroid dienone is 2. The van der Waals surface area contributed by atoms with Crippen molar-refractivity contribution in [1.82, 2.24) is 0 Å². The number of halogens is 1. The van der Waals surface area contributed by atoms with Crippen molar-refractivity contribution in [2.24, 2.45) is 0 Å². The minimum absolute atomic E-state index is 0.974. The molecule has 0 fully saturated rings. The monoisotopic (exact) mass is 132 g/mol. The zero-order chi connectivity index (χ0) is 6.41. The molecule has 0 aliphatic rings. The summed E-state index contributed by atoms with van der Waals surface area (Å²) in [7, 11) is 0. The van der Waals surface area contributed by atoms with Gasteiger partial charge in [0.1, 0.15) is 0 Å². The first-order chi connectivity index (χ1) is 3.81. The minimum atomic E-state index is 0.974. The molecule has 0 aromatic carbocycles. The second-order valence-electron chi connectivity index (χ2n) is 1.79. The maximum Gasteiger partial charge on any atom is 0.0138 e. The Morgan fingerprint density at radius 1 is 1.50 bits per heavy atom. The Kier molecular flexibility index (Phi) is 5.19. The lowest BCUT2D eigenvalue weighted by Crippen LogP contribution is -1.66. The highest BCUT2D eigenvalue weighted by Gasteiger charge is 1.82. The van der Waals surface area contributed by atoms with E-state index in [4.69, 9.17) is 11.6 Å². The zero-order valence-corrected chi connectivity index (χ0v) is 6.33. The topological polar surface area (TPSA) is 0 Å². The van der Waals surface area contributed by atoms with Gasteiger partial charge in [-0.15, -0.1) is 0 Å². The molecule has 0 saturated carbocycles. The molecule has 0 unspecified atom stereocenters. The third kappa shape index (κ3) is 4.20. The zero-order valence-electron chi connectivity index (χ0n) is 5.58. The van der Waals surface area contributed by atoms with Gasteiger partial charge in [-0.05, 0) is 12.8 Å². The molecule has 0 bridgehead atoms. The van der Waals surface area contributed by atoms with Crippen LogP contribution in [0.4, 0.5) is 0 Å². The Hall–Kier alpha value is 0.0300. The van der Waals surface area contributed by atoms with Gasteiger partial charge in [0.2, 0.25) is 0 Å². The van der Waals surface area contributed by atoms with Gasteiger partial charge in [-0.25, -0.2) is 0 Å². The molecule has 0 aromatic rings. The molecule has 0 spiro atoms. The van der Waals surface area contributed by atoms with Gasteiger partial charge in [0.15, 0.2) is 0 Å². The van der Waals surface area contributed by atoms with Gasteiger partial charge in [-0.3, -0.25) is 0 Å². The van der Waals surface area contributed by atoms with Crippen LogP contribution in [0.25, 0.3) is 0 Å². The van der Waals surface area contributed by atoms with Gasteiger partial charge >= 0.3 is 0 Å². The van der Waals surface area contributed by atoms with Gasteiger partial charge < -0.3 is 0 Å². The molecule has 0 aromatic heterocycles. The van der Waals surface area contributed by atoms with Crippen molar-refractivity contribution in [3.8, 4) is 0 Å². The minimum Gasteiger partial charge on any atom is -0.0895 e. The summed E-state index contributed by atoms with van der Waals surface area (Å²) >= 11 is 5.71. The first-order valence-electron chi connectivity index (χ1n) is 3.15. The fraction of sp³-hybridized carbons (Fsp3) is 0.714. The van der Waals surface area contributed by atoms with Crippen LogP contribution in [0.5, 0.6) is 0 Å². The first-order valence-corrected chi connectivity index (χ1v) is 3.53. The lowest BCUT2D eigenvalue weighted by Gasteiger charge is -1.88. The third-order valence-corrected chi connectivity index (χ3v) is 1.41. The summed E-state index contributed by atoms with van der Waals surface area (Å²) in [5, 5.41) is 0.992.